The zero-order valence-corrected chi connectivity index (χ0v) is 7.05. The van der Waals surface area contributed by atoms with E-state index in [9.17, 15) is 4.39 Å². The molecule has 1 fully saturated rings. The zero-order valence-electron chi connectivity index (χ0n) is 7.05. The van der Waals surface area contributed by atoms with Crippen LogP contribution in [0.15, 0.2) is 12.2 Å². The van der Waals surface area contributed by atoms with Crippen molar-refractivity contribution in [1.29, 1.82) is 0 Å². The molecule has 0 aromatic rings. The Hall–Kier alpha value is -0.810. The lowest BCUT2D eigenvalue weighted by molar-refractivity contribution is 0.0237. The van der Waals surface area contributed by atoms with Crippen molar-refractivity contribution in [3.05, 3.63) is 12.2 Å². The average Bonchev–Trinajstić information content (AvgIpc) is 2.04. The lowest BCUT2D eigenvalue weighted by Crippen LogP contribution is -2.31. The van der Waals surface area contributed by atoms with Crippen molar-refractivity contribution in [2.75, 3.05) is 6.61 Å². The number of hydrogen-bond donors (Lipinski definition) is 0. The van der Waals surface area contributed by atoms with Gasteiger partial charge < -0.3 is 4.74 Å². The van der Waals surface area contributed by atoms with Crippen LogP contribution in [0.1, 0.15) is 19.3 Å². The second-order valence-electron chi connectivity index (χ2n) is 3.00. The van der Waals surface area contributed by atoms with Crippen LogP contribution in [-0.4, -0.2) is 18.9 Å². The van der Waals surface area contributed by atoms with E-state index in [1.807, 2.05) is 0 Å². The second kappa shape index (κ2) is 4.27. The quantitative estimate of drug-likeness (QED) is 0.453. The minimum Gasteiger partial charge on any atom is -0.358 e. The van der Waals surface area contributed by atoms with Crippen LogP contribution in [0.3, 0.4) is 0 Å². The minimum absolute atomic E-state index is 0.171. The van der Waals surface area contributed by atoms with Crippen molar-refractivity contribution >= 4 is 0 Å². The predicted octanol–water partition coefficient (Wildman–Crippen LogP) is 2.08. The third-order valence-corrected chi connectivity index (χ3v) is 2.05. The minimum atomic E-state index is -0.917. The van der Waals surface area contributed by atoms with Gasteiger partial charge in [0.05, 0.1) is 0 Å². The molecular weight excluding hydrogens is 155 g/mol. The summed E-state index contributed by atoms with van der Waals surface area (Å²) < 4.78 is 18.3. The molecule has 0 heterocycles. The molecular formula is C10H13FO. The molecule has 0 N–H and O–H groups in total. The van der Waals surface area contributed by atoms with Gasteiger partial charge in [-0.15, -0.1) is 6.42 Å². The smallest absolute Gasteiger partial charge is 0.130 e. The molecule has 12 heavy (non-hydrogen) atoms. The molecule has 2 atom stereocenters. The first-order valence-corrected chi connectivity index (χ1v) is 4.12. The van der Waals surface area contributed by atoms with E-state index in [0.29, 0.717) is 6.42 Å². The third-order valence-electron chi connectivity index (χ3n) is 2.05. The predicted molar refractivity (Wildman–Crippen MR) is 46.5 cm³/mol. The monoisotopic (exact) mass is 168 g/mol. The molecule has 0 radical (unpaired) electrons. The van der Waals surface area contributed by atoms with E-state index in [-0.39, 0.29) is 6.61 Å². The number of ether oxygens (including phenoxy) is 1. The Morgan fingerprint density at radius 3 is 3.08 bits per heavy atom. The molecule has 1 nitrogen and oxygen atoms in total. The molecule has 2 heteroatoms. The van der Waals surface area contributed by atoms with Crippen molar-refractivity contribution in [3.8, 4) is 12.3 Å². The molecule has 2 unspecified atom stereocenters. The normalized spacial score (nSPS) is 29.8. The Bertz CT molecular complexity index is 204. The summed E-state index contributed by atoms with van der Waals surface area (Å²) in [5.41, 5.74) is 0.837. The molecule has 0 amide bonds. The summed E-state index contributed by atoms with van der Waals surface area (Å²) in [6, 6.07) is 0. The third kappa shape index (κ3) is 2.09. The van der Waals surface area contributed by atoms with Gasteiger partial charge in [-0.1, -0.05) is 12.5 Å². The largest absolute Gasteiger partial charge is 0.358 e. The van der Waals surface area contributed by atoms with Crippen LogP contribution in [0.4, 0.5) is 4.39 Å². The number of hydrogen-bond acceptors (Lipinski definition) is 1. The Kier molecular flexibility index (Phi) is 3.31. The van der Waals surface area contributed by atoms with Crippen molar-refractivity contribution < 1.29 is 9.13 Å². The van der Waals surface area contributed by atoms with Gasteiger partial charge in [-0.05, 0) is 24.8 Å². The van der Waals surface area contributed by atoms with Crippen molar-refractivity contribution in [3.63, 3.8) is 0 Å². The first-order chi connectivity index (χ1) is 5.75. The van der Waals surface area contributed by atoms with Crippen LogP contribution in [-0.2, 0) is 4.74 Å². The summed E-state index contributed by atoms with van der Waals surface area (Å²) in [7, 11) is 0. The fourth-order valence-electron chi connectivity index (χ4n) is 1.43. The maximum Gasteiger partial charge on any atom is 0.130 e. The number of alkyl halides is 1. The van der Waals surface area contributed by atoms with Gasteiger partial charge in [-0.2, -0.15) is 0 Å². The van der Waals surface area contributed by atoms with E-state index >= 15 is 0 Å². The van der Waals surface area contributed by atoms with Gasteiger partial charge in [0, 0.05) is 0 Å². The standard InChI is InChI=1S/C10H13FO/c1-3-7-12-10-8(2)5-4-6-9(10)11/h1,9-10H,2,4-7H2. The maximum atomic E-state index is 13.2. The molecule has 1 rings (SSSR count). The van der Waals surface area contributed by atoms with Gasteiger partial charge in [-0.25, -0.2) is 4.39 Å². The van der Waals surface area contributed by atoms with Gasteiger partial charge >= 0.3 is 0 Å². The highest BCUT2D eigenvalue weighted by Gasteiger charge is 2.27. The lowest BCUT2D eigenvalue weighted by Gasteiger charge is -2.27. The number of terminal acetylenes is 1. The SMILES string of the molecule is C#CCOC1C(=C)CCCC1F. The van der Waals surface area contributed by atoms with E-state index < -0.39 is 12.3 Å². The topological polar surface area (TPSA) is 9.23 Å². The molecule has 0 bridgehead atoms. The molecule has 0 saturated heterocycles. The van der Waals surface area contributed by atoms with Gasteiger partial charge in [0.25, 0.3) is 0 Å². The Morgan fingerprint density at radius 2 is 2.50 bits per heavy atom. The average molecular weight is 168 g/mol. The van der Waals surface area contributed by atoms with Gasteiger partial charge in [-0.3, -0.25) is 0 Å². The molecule has 0 spiro atoms. The van der Waals surface area contributed by atoms with Crippen LogP contribution >= 0.6 is 0 Å². The van der Waals surface area contributed by atoms with Crippen molar-refractivity contribution in [1.82, 2.24) is 0 Å². The molecule has 1 aliphatic rings. The van der Waals surface area contributed by atoms with E-state index in [0.717, 1.165) is 18.4 Å². The highest BCUT2D eigenvalue weighted by Crippen LogP contribution is 2.27. The van der Waals surface area contributed by atoms with Crippen LogP contribution < -0.4 is 0 Å². The Balaban J connectivity index is 2.46. The van der Waals surface area contributed by atoms with Crippen molar-refractivity contribution in [2.24, 2.45) is 0 Å². The van der Waals surface area contributed by atoms with Gasteiger partial charge in [0.1, 0.15) is 18.9 Å². The number of halogens is 1. The van der Waals surface area contributed by atoms with Crippen LogP contribution in [0.25, 0.3) is 0 Å². The van der Waals surface area contributed by atoms with E-state index in [1.165, 1.54) is 0 Å². The van der Waals surface area contributed by atoms with Crippen LogP contribution in [0.2, 0.25) is 0 Å². The highest BCUT2D eigenvalue weighted by molar-refractivity contribution is 5.09. The molecule has 0 aromatic carbocycles. The lowest BCUT2D eigenvalue weighted by atomic mass is 9.92. The summed E-state index contributed by atoms with van der Waals surface area (Å²) >= 11 is 0. The zero-order chi connectivity index (χ0) is 8.97. The van der Waals surface area contributed by atoms with Crippen LogP contribution in [0.5, 0.6) is 0 Å². The highest BCUT2D eigenvalue weighted by atomic mass is 19.1. The van der Waals surface area contributed by atoms with E-state index in [2.05, 4.69) is 12.5 Å². The van der Waals surface area contributed by atoms with E-state index in [4.69, 9.17) is 11.2 Å². The summed E-state index contributed by atoms with van der Waals surface area (Å²) in [5, 5.41) is 0. The summed E-state index contributed by atoms with van der Waals surface area (Å²) in [6.45, 7) is 3.94. The van der Waals surface area contributed by atoms with Gasteiger partial charge in [0.15, 0.2) is 0 Å². The fourth-order valence-corrected chi connectivity index (χ4v) is 1.43. The molecule has 66 valence electrons. The van der Waals surface area contributed by atoms with E-state index in [1.54, 1.807) is 0 Å². The summed E-state index contributed by atoms with van der Waals surface area (Å²) in [4.78, 5) is 0. The first-order valence-electron chi connectivity index (χ1n) is 4.12. The Labute approximate surface area is 72.6 Å². The first kappa shape index (κ1) is 9.28. The second-order valence-corrected chi connectivity index (χ2v) is 3.00. The summed E-state index contributed by atoms with van der Waals surface area (Å²) in [5.74, 6) is 2.33. The maximum absolute atomic E-state index is 13.2. The van der Waals surface area contributed by atoms with Crippen molar-refractivity contribution in [2.45, 2.75) is 31.5 Å². The molecule has 0 aromatic heterocycles. The molecule has 1 aliphatic carbocycles. The molecule has 0 aliphatic heterocycles. The fraction of sp³-hybridized carbons (Fsp3) is 0.600. The van der Waals surface area contributed by atoms with Gasteiger partial charge in [0.2, 0.25) is 0 Å². The number of rotatable bonds is 2. The molecule has 1 saturated carbocycles. The summed E-state index contributed by atoms with van der Waals surface area (Å²) in [6.07, 6.45) is 5.92. The van der Waals surface area contributed by atoms with Crippen LogP contribution in [0, 0.1) is 12.3 Å². The Morgan fingerprint density at radius 1 is 1.75 bits per heavy atom.